The van der Waals surface area contributed by atoms with Crippen LogP contribution in [0.4, 0.5) is 0 Å². The quantitative estimate of drug-likeness (QED) is 0.771. The Balaban J connectivity index is 2.49. The van der Waals surface area contributed by atoms with Crippen LogP contribution in [0.15, 0.2) is 22.8 Å². The second-order valence-corrected chi connectivity index (χ2v) is 4.87. The molecule has 1 N–H and O–H groups in total. The van der Waals surface area contributed by atoms with Crippen molar-refractivity contribution in [2.75, 3.05) is 6.54 Å². The Labute approximate surface area is 93.1 Å². The summed E-state index contributed by atoms with van der Waals surface area (Å²) in [5.74, 6) is 1.05. The molecule has 0 radical (unpaired) electrons. The van der Waals surface area contributed by atoms with E-state index in [1.807, 2.05) is 12.1 Å². The maximum atomic E-state index is 5.42. The highest BCUT2D eigenvalue weighted by Crippen LogP contribution is 2.22. The van der Waals surface area contributed by atoms with E-state index >= 15 is 0 Å². The molecule has 1 heterocycles. The van der Waals surface area contributed by atoms with E-state index in [-0.39, 0.29) is 0 Å². The van der Waals surface area contributed by atoms with Gasteiger partial charge in [-0.1, -0.05) is 27.7 Å². The highest BCUT2D eigenvalue weighted by molar-refractivity contribution is 5.04. The van der Waals surface area contributed by atoms with Crippen LogP contribution in [0.5, 0.6) is 0 Å². The lowest BCUT2D eigenvalue weighted by molar-refractivity contribution is 0.292. The predicted octanol–water partition coefficient (Wildman–Crippen LogP) is 3.76. The van der Waals surface area contributed by atoms with Crippen molar-refractivity contribution >= 4 is 0 Å². The van der Waals surface area contributed by atoms with Gasteiger partial charge in [-0.15, -0.1) is 0 Å². The summed E-state index contributed by atoms with van der Waals surface area (Å²) in [5.41, 5.74) is 0.361. The van der Waals surface area contributed by atoms with Gasteiger partial charge in [0.2, 0.25) is 0 Å². The Morgan fingerprint density at radius 3 is 2.60 bits per heavy atom. The van der Waals surface area contributed by atoms with Gasteiger partial charge in [-0.05, 0) is 30.4 Å². The summed E-state index contributed by atoms with van der Waals surface area (Å²) in [6, 6.07) is 4.34. The molecule has 0 spiro atoms. The number of hydrogen-bond acceptors (Lipinski definition) is 2. The summed E-state index contributed by atoms with van der Waals surface area (Å²) >= 11 is 0. The zero-order valence-electron chi connectivity index (χ0n) is 10.3. The minimum Gasteiger partial charge on any atom is -0.468 e. The smallest absolute Gasteiger partial charge is 0.120 e. The van der Waals surface area contributed by atoms with Gasteiger partial charge in [0.15, 0.2) is 0 Å². The molecular formula is C13H23NO. The fraction of sp³-hybridized carbons (Fsp3) is 0.692. The minimum atomic E-state index is 0.353. The highest BCUT2D eigenvalue weighted by atomic mass is 16.3. The monoisotopic (exact) mass is 209 g/mol. The van der Waals surface area contributed by atoms with Crippen molar-refractivity contribution < 1.29 is 4.42 Å². The molecule has 15 heavy (non-hydrogen) atoms. The first-order valence-electron chi connectivity index (χ1n) is 5.86. The Morgan fingerprint density at radius 2 is 2.13 bits per heavy atom. The van der Waals surface area contributed by atoms with Crippen molar-refractivity contribution in [2.45, 2.75) is 46.6 Å². The highest BCUT2D eigenvalue weighted by Gasteiger charge is 2.18. The second-order valence-electron chi connectivity index (χ2n) is 4.87. The fourth-order valence-corrected chi connectivity index (χ4v) is 1.46. The Hall–Kier alpha value is -0.760. The summed E-state index contributed by atoms with van der Waals surface area (Å²) in [7, 11) is 0. The molecular weight excluding hydrogens is 186 g/mol. The van der Waals surface area contributed by atoms with E-state index in [1.165, 1.54) is 6.42 Å². The van der Waals surface area contributed by atoms with Crippen molar-refractivity contribution in [1.82, 2.24) is 5.32 Å². The van der Waals surface area contributed by atoms with Crippen LogP contribution in [-0.2, 0) is 0 Å². The average Bonchev–Trinajstić information content (AvgIpc) is 2.72. The summed E-state index contributed by atoms with van der Waals surface area (Å²) in [6.45, 7) is 10.0. The van der Waals surface area contributed by atoms with Crippen LogP contribution in [-0.4, -0.2) is 6.54 Å². The van der Waals surface area contributed by atoms with Crippen LogP contribution in [0, 0.1) is 5.41 Å². The molecule has 0 aliphatic heterocycles. The van der Waals surface area contributed by atoms with Crippen LogP contribution in [0.25, 0.3) is 0 Å². The lowest BCUT2D eigenvalue weighted by Crippen LogP contribution is -2.31. The normalized spacial score (nSPS) is 14.1. The van der Waals surface area contributed by atoms with Gasteiger partial charge in [-0.3, -0.25) is 0 Å². The molecule has 1 unspecified atom stereocenters. The van der Waals surface area contributed by atoms with E-state index < -0.39 is 0 Å². The van der Waals surface area contributed by atoms with E-state index in [0.717, 1.165) is 18.7 Å². The summed E-state index contributed by atoms with van der Waals surface area (Å²) < 4.78 is 5.42. The molecule has 0 aliphatic rings. The summed E-state index contributed by atoms with van der Waals surface area (Å²) in [4.78, 5) is 0. The number of rotatable bonds is 6. The predicted molar refractivity (Wildman–Crippen MR) is 63.8 cm³/mol. The first-order valence-corrected chi connectivity index (χ1v) is 5.86. The van der Waals surface area contributed by atoms with Gasteiger partial charge in [0.05, 0.1) is 12.3 Å². The van der Waals surface area contributed by atoms with Crippen LogP contribution >= 0.6 is 0 Å². The average molecular weight is 209 g/mol. The molecule has 0 amide bonds. The van der Waals surface area contributed by atoms with Crippen molar-refractivity contribution in [2.24, 2.45) is 5.41 Å². The topological polar surface area (TPSA) is 25.2 Å². The number of hydrogen-bond donors (Lipinski definition) is 1. The van der Waals surface area contributed by atoms with Gasteiger partial charge in [0.1, 0.15) is 5.76 Å². The number of nitrogens with one attached hydrogen (secondary N) is 1. The zero-order chi connectivity index (χ0) is 11.3. The van der Waals surface area contributed by atoms with Crippen molar-refractivity contribution in [1.29, 1.82) is 0 Å². The molecule has 1 aromatic rings. The summed E-state index contributed by atoms with van der Waals surface area (Å²) in [5, 5.41) is 3.57. The van der Waals surface area contributed by atoms with Crippen LogP contribution in [0.1, 0.15) is 52.3 Å². The second kappa shape index (κ2) is 5.36. The molecule has 0 aromatic carbocycles. The van der Waals surface area contributed by atoms with Gasteiger partial charge in [-0.2, -0.15) is 0 Å². The summed E-state index contributed by atoms with van der Waals surface area (Å²) in [6.07, 6.45) is 3.99. The molecule has 0 bridgehead atoms. The lowest BCUT2D eigenvalue weighted by Gasteiger charge is -2.26. The third-order valence-electron chi connectivity index (χ3n) is 3.08. The van der Waals surface area contributed by atoms with Crippen molar-refractivity contribution in [3.63, 3.8) is 0 Å². The lowest BCUT2D eigenvalue weighted by atomic mass is 9.90. The van der Waals surface area contributed by atoms with E-state index in [0.29, 0.717) is 11.5 Å². The standard InChI is InChI=1S/C13H23NO/c1-5-11(12-8-7-9-15-12)14-10-13(3,4)6-2/h7-9,11,14H,5-6,10H2,1-4H3. The molecule has 2 heteroatoms. The molecule has 1 atom stereocenters. The van der Waals surface area contributed by atoms with E-state index in [9.17, 15) is 0 Å². The van der Waals surface area contributed by atoms with E-state index in [1.54, 1.807) is 6.26 Å². The maximum Gasteiger partial charge on any atom is 0.120 e. The molecule has 2 nitrogen and oxygen atoms in total. The van der Waals surface area contributed by atoms with Crippen LogP contribution < -0.4 is 5.32 Å². The third-order valence-corrected chi connectivity index (χ3v) is 3.08. The molecule has 0 saturated carbocycles. The van der Waals surface area contributed by atoms with Gasteiger partial charge in [-0.25, -0.2) is 0 Å². The Morgan fingerprint density at radius 1 is 1.40 bits per heavy atom. The molecule has 86 valence electrons. The largest absolute Gasteiger partial charge is 0.468 e. The fourth-order valence-electron chi connectivity index (χ4n) is 1.46. The van der Waals surface area contributed by atoms with E-state index in [4.69, 9.17) is 4.42 Å². The zero-order valence-corrected chi connectivity index (χ0v) is 10.3. The van der Waals surface area contributed by atoms with Gasteiger partial charge < -0.3 is 9.73 Å². The first kappa shape index (κ1) is 12.3. The van der Waals surface area contributed by atoms with Crippen LogP contribution in [0.2, 0.25) is 0 Å². The first-order chi connectivity index (χ1) is 7.09. The van der Waals surface area contributed by atoms with Gasteiger partial charge in [0, 0.05) is 6.54 Å². The van der Waals surface area contributed by atoms with Crippen LogP contribution in [0.3, 0.4) is 0 Å². The van der Waals surface area contributed by atoms with Crippen molar-refractivity contribution in [3.05, 3.63) is 24.2 Å². The van der Waals surface area contributed by atoms with Crippen molar-refractivity contribution in [3.8, 4) is 0 Å². The molecule has 1 aromatic heterocycles. The number of furan rings is 1. The molecule has 1 rings (SSSR count). The van der Waals surface area contributed by atoms with Gasteiger partial charge in [0.25, 0.3) is 0 Å². The van der Waals surface area contributed by atoms with Gasteiger partial charge >= 0.3 is 0 Å². The van der Waals surface area contributed by atoms with E-state index in [2.05, 4.69) is 33.0 Å². The molecule has 0 saturated heterocycles. The minimum absolute atomic E-state index is 0.353. The maximum absolute atomic E-state index is 5.42. The Bertz CT molecular complexity index is 264. The Kier molecular flexibility index (Phi) is 4.40. The molecule has 0 aliphatic carbocycles. The molecule has 0 fully saturated rings. The third kappa shape index (κ3) is 3.71. The SMILES string of the molecule is CCC(NCC(C)(C)CC)c1ccco1.